The Hall–Kier alpha value is -3.71. The number of carbonyl (C=O) groups excluding carboxylic acids is 5. The normalized spacial score (nSPS) is 36.0. The lowest BCUT2D eigenvalue weighted by atomic mass is 9.70. The van der Waals surface area contributed by atoms with E-state index in [-0.39, 0.29) is 69.3 Å². The monoisotopic (exact) mass is 894 g/mol. The summed E-state index contributed by atoms with van der Waals surface area (Å²) >= 11 is 0. The molecule has 4 rings (SSSR count). The molecule has 17 heteroatoms. The van der Waals surface area contributed by atoms with Gasteiger partial charge in [0.1, 0.15) is 12.2 Å². The Kier molecular flexibility index (Phi) is 17.7. The van der Waals surface area contributed by atoms with Gasteiger partial charge in [-0.1, -0.05) is 66.2 Å². The Morgan fingerprint density at radius 1 is 0.857 bits per heavy atom. The average molecular weight is 895 g/mol. The molecule has 356 valence electrons. The van der Waals surface area contributed by atoms with E-state index in [4.69, 9.17) is 37.9 Å². The number of hydrogen-bond donors (Lipinski definition) is 4. The maximum absolute atomic E-state index is 13.5. The van der Waals surface area contributed by atoms with Crippen LogP contribution in [0.4, 0.5) is 0 Å². The summed E-state index contributed by atoms with van der Waals surface area (Å²) in [6.45, 7) is 13.6. The summed E-state index contributed by atoms with van der Waals surface area (Å²) in [5, 5.41) is 47.7. The Morgan fingerprint density at radius 2 is 1.52 bits per heavy atom. The zero-order chi connectivity index (χ0) is 47.1. The quantitative estimate of drug-likeness (QED) is 0.110. The zero-order valence-corrected chi connectivity index (χ0v) is 38.5. The van der Waals surface area contributed by atoms with Crippen molar-refractivity contribution < 1.29 is 82.3 Å². The number of methoxy groups -OCH3 is 2. The van der Waals surface area contributed by atoms with Crippen LogP contribution in [0, 0.1) is 16.7 Å². The molecule has 17 nitrogen and oxygen atoms in total. The fraction of sp³-hybridized carbons (Fsp3) is 0.761. The van der Waals surface area contributed by atoms with E-state index in [0.717, 1.165) is 6.08 Å². The number of carbonyl (C=O) groups is 5. The number of rotatable bonds is 9. The summed E-state index contributed by atoms with van der Waals surface area (Å²) in [5.74, 6) is -7.91. The Labute approximate surface area is 370 Å². The predicted octanol–water partition coefficient (Wildman–Crippen LogP) is 4.19. The Bertz CT molecular complexity index is 1730. The van der Waals surface area contributed by atoms with E-state index in [1.807, 2.05) is 13.8 Å². The van der Waals surface area contributed by atoms with Crippen LogP contribution < -0.4 is 0 Å². The minimum Gasteiger partial charge on any atom is -0.466 e. The van der Waals surface area contributed by atoms with Crippen molar-refractivity contribution in [3.8, 4) is 0 Å². The maximum atomic E-state index is 13.5. The maximum Gasteiger partial charge on any atom is 0.330 e. The van der Waals surface area contributed by atoms with E-state index >= 15 is 0 Å². The summed E-state index contributed by atoms with van der Waals surface area (Å²) in [6.07, 6.45) is -4.43. The van der Waals surface area contributed by atoms with E-state index < -0.39 is 114 Å². The van der Waals surface area contributed by atoms with Crippen LogP contribution in [0.3, 0.4) is 0 Å². The first kappa shape index (κ1) is 51.9. The average Bonchev–Trinajstić information content (AvgIpc) is 3.16. The molecule has 0 aromatic heterocycles. The van der Waals surface area contributed by atoms with Gasteiger partial charge in [-0.15, -0.1) is 0 Å². The van der Waals surface area contributed by atoms with Crippen molar-refractivity contribution in [2.45, 2.75) is 193 Å². The van der Waals surface area contributed by atoms with Gasteiger partial charge in [-0.3, -0.25) is 14.4 Å². The molecule has 3 fully saturated rings. The highest BCUT2D eigenvalue weighted by atomic mass is 16.7. The molecule has 0 saturated carbocycles. The Morgan fingerprint density at radius 3 is 2.14 bits per heavy atom. The number of aliphatic hydroxyl groups excluding tert-OH is 2. The third-order valence-electron chi connectivity index (χ3n) is 12.5. The van der Waals surface area contributed by atoms with Crippen molar-refractivity contribution in [3.63, 3.8) is 0 Å². The third kappa shape index (κ3) is 13.2. The first-order valence-corrected chi connectivity index (χ1v) is 22.0. The number of cyclic esters (lactones) is 1. The summed E-state index contributed by atoms with van der Waals surface area (Å²) in [4.78, 5) is 65.1. The van der Waals surface area contributed by atoms with Gasteiger partial charge < -0.3 is 58.3 Å². The molecule has 3 saturated heterocycles. The molecular formula is C46H70O17. The lowest BCUT2D eigenvalue weighted by Crippen LogP contribution is -2.62. The molecule has 6 bridgehead atoms. The highest BCUT2D eigenvalue weighted by Gasteiger charge is 2.59. The van der Waals surface area contributed by atoms with Crippen molar-refractivity contribution in [3.05, 3.63) is 35.5 Å². The van der Waals surface area contributed by atoms with Gasteiger partial charge in [0.15, 0.2) is 11.9 Å². The third-order valence-corrected chi connectivity index (χ3v) is 12.5. The second-order valence-electron chi connectivity index (χ2n) is 19.0. The van der Waals surface area contributed by atoms with Gasteiger partial charge in [0, 0.05) is 56.1 Å². The molecule has 4 heterocycles. The number of hydrogen-bond acceptors (Lipinski definition) is 17. The summed E-state index contributed by atoms with van der Waals surface area (Å²) in [5.41, 5.74) is -1.97. The lowest BCUT2D eigenvalue weighted by Gasteiger charge is -2.54. The van der Waals surface area contributed by atoms with Crippen LogP contribution >= 0.6 is 0 Å². The van der Waals surface area contributed by atoms with Crippen molar-refractivity contribution in [2.24, 2.45) is 16.7 Å². The smallest absolute Gasteiger partial charge is 0.330 e. The molecule has 11 atom stereocenters. The predicted molar refractivity (Wildman–Crippen MR) is 224 cm³/mol. The number of aliphatic hydroxyl groups is 4. The van der Waals surface area contributed by atoms with Crippen molar-refractivity contribution in [1.29, 1.82) is 0 Å². The van der Waals surface area contributed by atoms with Crippen LogP contribution in [-0.4, -0.2) is 131 Å². The van der Waals surface area contributed by atoms with Gasteiger partial charge in [-0.2, -0.15) is 0 Å². The first-order chi connectivity index (χ1) is 29.3. The number of fused-ring (bicyclic) bond motifs is 6. The van der Waals surface area contributed by atoms with E-state index in [9.17, 15) is 44.4 Å². The summed E-state index contributed by atoms with van der Waals surface area (Å²) in [7, 11) is 2.42. The topological polar surface area (TPSA) is 240 Å². The highest BCUT2D eigenvalue weighted by molar-refractivity contribution is 5.83. The number of esters is 5. The van der Waals surface area contributed by atoms with Gasteiger partial charge in [0.05, 0.1) is 62.7 Å². The molecule has 4 N–H and O–H groups in total. The fourth-order valence-corrected chi connectivity index (χ4v) is 8.68. The first-order valence-electron chi connectivity index (χ1n) is 22.0. The zero-order valence-electron chi connectivity index (χ0n) is 38.5. The molecule has 4 aliphatic rings. The molecular weight excluding hydrogens is 824 g/mol. The van der Waals surface area contributed by atoms with Crippen LogP contribution in [0.1, 0.15) is 126 Å². The summed E-state index contributed by atoms with van der Waals surface area (Å²) in [6, 6.07) is 0. The molecule has 0 radical (unpaired) electrons. The summed E-state index contributed by atoms with van der Waals surface area (Å²) < 4.78 is 47.0. The van der Waals surface area contributed by atoms with Crippen LogP contribution in [0.5, 0.6) is 0 Å². The van der Waals surface area contributed by atoms with E-state index in [0.29, 0.717) is 12.0 Å². The van der Waals surface area contributed by atoms with Crippen LogP contribution in [-0.2, 0) is 61.9 Å². The van der Waals surface area contributed by atoms with Crippen molar-refractivity contribution >= 4 is 29.8 Å². The SMILES string of the molecule is CCCC(=O)OC1/C(=C/C(=O)OC)CC2C[C@H]([C@@H](C)O)OC(=O)C[C@H](O)C[C@@H]3C[C@H](OC(=O)CC(C)C)C(C)(C)[C@](O)(C[C@@H]4C/C(=C/C(=O)OC)C[C@H](/C=C/C(C)(C)C1(O)O2)O4)O3. The van der Waals surface area contributed by atoms with Gasteiger partial charge in [0.25, 0.3) is 0 Å². The van der Waals surface area contributed by atoms with Gasteiger partial charge in [-0.25, -0.2) is 9.59 Å². The van der Waals surface area contributed by atoms with E-state index in [2.05, 4.69) is 0 Å². The molecule has 63 heavy (non-hydrogen) atoms. The molecule has 0 spiro atoms. The van der Waals surface area contributed by atoms with Crippen molar-refractivity contribution in [2.75, 3.05) is 14.2 Å². The molecule has 0 aromatic carbocycles. The van der Waals surface area contributed by atoms with E-state index in [1.165, 1.54) is 27.2 Å². The highest BCUT2D eigenvalue weighted by Crippen LogP contribution is 2.50. The van der Waals surface area contributed by atoms with Gasteiger partial charge in [-0.05, 0) is 44.1 Å². The lowest BCUT2D eigenvalue weighted by molar-refractivity contribution is -0.349. The van der Waals surface area contributed by atoms with Crippen molar-refractivity contribution in [1.82, 2.24) is 0 Å². The second kappa shape index (κ2) is 21.5. The molecule has 4 aliphatic heterocycles. The second-order valence-corrected chi connectivity index (χ2v) is 19.0. The molecule has 3 unspecified atom stereocenters. The van der Waals surface area contributed by atoms with E-state index in [1.54, 1.807) is 46.8 Å². The fourth-order valence-electron chi connectivity index (χ4n) is 8.68. The minimum absolute atomic E-state index is 0.00780. The van der Waals surface area contributed by atoms with Gasteiger partial charge >= 0.3 is 29.8 Å². The largest absolute Gasteiger partial charge is 0.466 e. The molecule has 0 aromatic rings. The Balaban J connectivity index is 1.88. The number of ether oxygens (including phenoxy) is 8. The van der Waals surface area contributed by atoms with Crippen LogP contribution in [0.25, 0.3) is 0 Å². The molecule has 0 amide bonds. The van der Waals surface area contributed by atoms with Crippen LogP contribution in [0.15, 0.2) is 35.5 Å². The minimum atomic E-state index is -2.41. The van der Waals surface area contributed by atoms with Gasteiger partial charge in [0.2, 0.25) is 5.79 Å². The van der Waals surface area contributed by atoms with Crippen LogP contribution in [0.2, 0.25) is 0 Å². The standard InChI is InChI=1S/C46H70O17/c1-11-12-37(49)61-42-29(20-39(51)57-10)19-32-23-35(27(4)47)59-41(53)22-30(48)21-33-24-36(60-40(52)15-26(2)3)44(7,8)45(54,62-33)25-34-17-28(18-38(50)56-9)16-31(58-34)13-14-43(5,6)46(42,55)63-32/h13-14,18,20,26-27,30-36,42,47-48,54-55H,11-12,15-17,19,21-25H2,1-10H3/b14-13+,28-18+,29-20+/t27-,30-,31+,32?,33-,34+,35-,36+,42?,45+,46?/m1/s1. The molecule has 0 aliphatic carbocycles.